The van der Waals surface area contributed by atoms with Gasteiger partial charge in [-0.1, -0.05) is 95.3 Å². The third-order valence-corrected chi connectivity index (χ3v) is 9.08. The average molecular weight is 326 g/mol. The minimum Gasteiger partial charge on any atom is -0.407 e. The molecule has 0 saturated heterocycles. The van der Waals surface area contributed by atoms with Gasteiger partial charge in [0.1, 0.15) is 0 Å². The summed E-state index contributed by atoms with van der Waals surface area (Å²) >= 11 is 0. The number of benzene rings is 2. The third kappa shape index (κ3) is 3.93. The van der Waals surface area contributed by atoms with Gasteiger partial charge in [0.05, 0.1) is 0 Å². The fraction of sp³-hybridized carbons (Fsp3) is 0.381. The molecule has 0 spiro atoms. The molecule has 0 saturated carbocycles. The topological polar surface area (TPSA) is 9.23 Å². The van der Waals surface area contributed by atoms with E-state index >= 15 is 0 Å². The molecule has 2 aromatic carbocycles. The van der Waals surface area contributed by atoms with Crippen molar-refractivity contribution in [2.24, 2.45) is 5.41 Å². The van der Waals surface area contributed by atoms with Crippen molar-refractivity contribution in [2.45, 2.75) is 39.7 Å². The molecule has 0 aliphatic heterocycles. The highest BCUT2D eigenvalue weighted by atomic mass is 28.4. The third-order valence-electron chi connectivity index (χ3n) is 4.10. The molecule has 0 aromatic heterocycles. The molecule has 2 rings (SSSR count). The molecule has 0 aliphatic carbocycles. The number of hydrogen-bond acceptors (Lipinski definition) is 1. The molecule has 123 valence electrons. The first-order chi connectivity index (χ1) is 10.7. The summed E-state index contributed by atoms with van der Waals surface area (Å²) < 4.78 is 6.81. The lowest BCUT2D eigenvalue weighted by atomic mass is 9.99. The predicted octanol–water partition coefficient (Wildman–Crippen LogP) is 4.42. The van der Waals surface area contributed by atoms with Crippen molar-refractivity contribution in [2.75, 3.05) is 6.61 Å². The molecule has 23 heavy (non-hydrogen) atoms. The molecule has 0 heterocycles. The predicted molar refractivity (Wildman–Crippen MR) is 103 cm³/mol. The molecule has 0 amide bonds. The van der Waals surface area contributed by atoms with E-state index in [-0.39, 0.29) is 10.5 Å². The summed E-state index contributed by atoms with van der Waals surface area (Å²) in [5, 5.41) is 2.67. The maximum Gasteiger partial charge on any atom is 0.261 e. The van der Waals surface area contributed by atoms with Gasteiger partial charge in [0.25, 0.3) is 8.32 Å². The van der Waals surface area contributed by atoms with Gasteiger partial charge < -0.3 is 4.43 Å². The Morgan fingerprint density at radius 1 is 0.783 bits per heavy atom. The maximum absolute atomic E-state index is 6.81. The van der Waals surface area contributed by atoms with Crippen molar-refractivity contribution in [1.29, 1.82) is 0 Å². The molecule has 0 aliphatic rings. The van der Waals surface area contributed by atoms with Crippen LogP contribution in [0.15, 0.2) is 60.7 Å². The second-order valence-corrected chi connectivity index (χ2v) is 12.4. The summed E-state index contributed by atoms with van der Waals surface area (Å²) in [4.78, 5) is 0. The van der Waals surface area contributed by atoms with Crippen LogP contribution >= 0.6 is 0 Å². The highest BCUT2D eigenvalue weighted by molar-refractivity contribution is 6.99. The van der Waals surface area contributed by atoms with Crippen molar-refractivity contribution < 1.29 is 4.43 Å². The van der Waals surface area contributed by atoms with Gasteiger partial charge in [-0.25, -0.2) is 0 Å². The normalized spacial score (nSPS) is 13.1. The van der Waals surface area contributed by atoms with Crippen LogP contribution < -0.4 is 10.4 Å². The van der Waals surface area contributed by atoms with E-state index in [4.69, 9.17) is 4.43 Å². The van der Waals surface area contributed by atoms with Crippen LogP contribution in [0.3, 0.4) is 0 Å². The van der Waals surface area contributed by atoms with Gasteiger partial charge >= 0.3 is 0 Å². The van der Waals surface area contributed by atoms with Crippen LogP contribution in [0.4, 0.5) is 0 Å². The maximum atomic E-state index is 6.81. The number of hydrogen-bond donors (Lipinski definition) is 0. The Morgan fingerprint density at radius 3 is 1.48 bits per heavy atom. The molecule has 0 fully saturated rings. The highest BCUT2D eigenvalue weighted by Crippen LogP contribution is 2.37. The Kier molecular flexibility index (Phi) is 5.17. The van der Waals surface area contributed by atoms with E-state index in [0.29, 0.717) is 6.61 Å². The first-order valence-electron chi connectivity index (χ1n) is 8.27. The van der Waals surface area contributed by atoms with Gasteiger partial charge in [0.2, 0.25) is 0 Å². The van der Waals surface area contributed by atoms with Gasteiger partial charge in [-0.15, -0.1) is 0 Å². The summed E-state index contributed by atoms with van der Waals surface area (Å²) in [5.74, 6) is 0. The van der Waals surface area contributed by atoms with E-state index in [1.165, 1.54) is 10.4 Å². The Morgan fingerprint density at radius 2 is 1.17 bits per heavy atom. The Labute approximate surface area is 142 Å². The fourth-order valence-corrected chi connectivity index (χ4v) is 7.83. The zero-order valence-corrected chi connectivity index (χ0v) is 16.1. The molecule has 1 radical (unpaired) electrons. The van der Waals surface area contributed by atoms with E-state index in [0.717, 1.165) is 0 Å². The van der Waals surface area contributed by atoms with Crippen LogP contribution in [0.2, 0.25) is 5.04 Å². The summed E-state index contributed by atoms with van der Waals surface area (Å²) in [6.45, 7) is 16.1. The minimum atomic E-state index is -2.40. The fourth-order valence-electron chi connectivity index (χ4n) is 3.07. The second-order valence-electron chi connectivity index (χ2n) is 8.12. The zero-order valence-electron chi connectivity index (χ0n) is 15.1. The number of rotatable bonds is 5. The van der Waals surface area contributed by atoms with Gasteiger partial charge in [-0.05, 0) is 27.8 Å². The zero-order chi connectivity index (χ0) is 17.1. The highest BCUT2D eigenvalue weighted by Gasteiger charge is 2.50. The van der Waals surface area contributed by atoms with E-state index in [2.05, 4.69) is 102 Å². The SMILES string of the molecule is [CH2]C(C)(C)CO[Si](c1ccccc1)(c1ccccc1)C(C)(C)C. The summed E-state index contributed by atoms with van der Waals surface area (Å²) in [5.41, 5.74) is -0.104. The van der Waals surface area contributed by atoms with Gasteiger partial charge in [-0.2, -0.15) is 0 Å². The van der Waals surface area contributed by atoms with E-state index in [1.807, 2.05) is 0 Å². The Bertz CT molecular complexity index is 566. The molecule has 0 N–H and O–H groups in total. The molecule has 2 aromatic rings. The molecular formula is C21H29OSi. The summed E-state index contributed by atoms with van der Waals surface area (Å²) in [7, 11) is -2.40. The van der Waals surface area contributed by atoms with Crippen molar-refractivity contribution in [3.63, 3.8) is 0 Å². The minimum absolute atomic E-state index is 0.0287. The van der Waals surface area contributed by atoms with Gasteiger partial charge in [0, 0.05) is 6.61 Å². The van der Waals surface area contributed by atoms with Crippen molar-refractivity contribution >= 4 is 18.7 Å². The van der Waals surface area contributed by atoms with Crippen molar-refractivity contribution in [1.82, 2.24) is 0 Å². The lowest BCUT2D eigenvalue weighted by Gasteiger charge is -2.44. The smallest absolute Gasteiger partial charge is 0.261 e. The Hall–Kier alpha value is -1.38. The summed E-state index contributed by atoms with van der Waals surface area (Å²) in [6.07, 6.45) is 0. The monoisotopic (exact) mass is 325 g/mol. The van der Waals surface area contributed by atoms with Crippen molar-refractivity contribution in [3.8, 4) is 0 Å². The first kappa shape index (κ1) is 18.0. The molecule has 2 heteroatoms. The lowest BCUT2D eigenvalue weighted by Crippen LogP contribution is -2.67. The van der Waals surface area contributed by atoms with Gasteiger partial charge in [-0.3, -0.25) is 0 Å². The lowest BCUT2D eigenvalue weighted by molar-refractivity contribution is 0.207. The molecule has 0 bridgehead atoms. The Balaban J connectivity index is 2.65. The molecular weight excluding hydrogens is 296 g/mol. The van der Waals surface area contributed by atoms with Crippen LogP contribution in [0.25, 0.3) is 0 Å². The van der Waals surface area contributed by atoms with Crippen molar-refractivity contribution in [3.05, 3.63) is 67.6 Å². The van der Waals surface area contributed by atoms with E-state index in [9.17, 15) is 0 Å². The van der Waals surface area contributed by atoms with E-state index in [1.54, 1.807) is 0 Å². The van der Waals surface area contributed by atoms with Crippen LogP contribution in [0.1, 0.15) is 34.6 Å². The average Bonchev–Trinajstić information content (AvgIpc) is 2.47. The summed E-state index contributed by atoms with van der Waals surface area (Å²) in [6, 6.07) is 21.5. The van der Waals surface area contributed by atoms with Gasteiger partial charge in [0.15, 0.2) is 0 Å². The van der Waals surface area contributed by atoms with Crippen LogP contribution in [0.5, 0.6) is 0 Å². The van der Waals surface area contributed by atoms with Crippen LogP contribution in [-0.4, -0.2) is 14.9 Å². The van der Waals surface area contributed by atoms with Crippen LogP contribution in [0, 0.1) is 12.3 Å². The quantitative estimate of drug-likeness (QED) is 0.739. The standard InChI is InChI=1S/C21H29OSi/c1-20(2,3)17-22-23(21(4,5)6,18-13-9-7-10-14-18)19-15-11-8-12-16-19/h7-16H,1,17H2,2-6H3. The molecule has 0 atom stereocenters. The van der Waals surface area contributed by atoms with Crippen LogP contribution in [-0.2, 0) is 4.43 Å². The first-order valence-corrected chi connectivity index (χ1v) is 10.2. The second kappa shape index (κ2) is 6.62. The van der Waals surface area contributed by atoms with E-state index < -0.39 is 8.32 Å². The molecule has 1 nitrogen and oxygen atoms in total. The molecule has 0 unspecified atom stereocenters. The largest absolute Gasteiger partial charge is 0.407 e.